The second kappa shape index (κ2) is 8.27. The Labute approximate surface area is 167 Å². The molecule has 0 aliphatic rings. The number of carbonyl (C=O) groups excluding carboxylic acids is 1. The summed E-state index contributed by atoms with van der Waals surface area (Å²) in [6, 6.07) is 18.0. The lowest BCUT2D eigenvalue weighted by Gasteiger charge is -2.06. The van der Waals surface area contributed by atoms with Crippen LogP contribution < -0.4 is 5.32 Å². The largest absolute Gasteiger partial charge is 0.325 e. The van der Waals surface area contributed by atoms with Crippen LogP contribution in [-0.4, -0.2) is 26.0 Å². The SMILES string of the molecule is Cc1ccc(CSCC(=O)Nc2ccc(-c3cn4cccnc4n3)cc2)cc1. The maximum atomic E-state index is 12.2. The molecule has 0 spiro atoms. The summed E-state index contributed by atoms with van der Waals surface area (Å²) in [7, 11) is 0. The van der Waals surface area contributed by atoms with Gasteiger partial charge in [-0.05, 0) is 30.7 Å². The van der Waals surface area contributed by atoms with Gasteiger partial charge < -0.3 is 5.32 Å². The van der Waals surface area contributed by atoms with Crippen LogP contribution in [0.1, 0.15) is 11.1 Å². The molecule has 5 nitrogen and oxygen atoms in total. The summed E-state index contributed by atoms with van der Waals surface area (Å²) in [6.45, 7) is 2.07. The minimum absolute atomic E-state index is 0.00166. The van der Waals surface area contributed by atoms with Crippen molar-refractivity contribution in [1.82, 2.24) is 14.4 Å². The van der Waals surface area contributed by atoms with Gasteiger partial charge in [-0.2, -0.15) is 0 Å². The number of rotatable bonds is 6. The molecule has 2 aromatic heterocycles. The minimum Gasteiger partial charge on any atom is -0.325 e. The standard InChI is InChI=1S/C22H20N4OS/c1-16-3-5-17(6-4-16)14-28-15-21(27)24-19-9-7-18(8-10-19)20-13-26-12-2-11-23-22(26)25-20/h2-13H,14-15H2,1H3,(H,24,27). The summed E-state index contributed by atoms with van der Waals surface area (Å²) < 4.78 is 1.89. The molecule has 0 radical (unpaired) electrons. The molecule has 0 saturated carbocycles. The summed E-state index contributed by atoms with van der Waals surface area (Å²) in [5.41, 5.74) is 5.10. The molecule has 0 aliphatic carbocycles. The fourth-order valence-electron chi connectivity index (χ4n) is 2.84. The molecular weight excluding hydrogens is 368 g/mol. The molecule has 0 atom stereocenters. The fraction of sp³-hybridized carbons (Fsp3) is 0.136. The molecule has 6 heteroatoms. The lowest BCUT2D eigenvalue weighted by atomic mass is 10.1. The van der Waals surface area contributed by atoms with E-state index in [2.05, 4.69) is 46.5 Å². The number of carbonyl (C=O) groups is 1. The molecule has 4 aromatic rings. The van der Waals surface area contributed by atoms with E-state index in [-0.39, 0.29) is 5.91 Å². The van der Waals surface area contributed by atoms with Crippen molar-refractivity contribution in [2.24, 2.45) is 0 Å². The topological polar surface area (TPSA) is 59.3 Å². The van der Waals surface area contributed by atoms with Crippen LogP contribution in [0, 0.1) is 6.92 Å². The third-order valence-corrected chi connectivity index (χ3v) is 5.33. The van der Waals surface area contributed by atoms with E-state index in [1.54, 1.807) is 18.0 Å². The third kappa shape index (κ3) is 4.40. The van der Waals surface area contributed by atoms with Gasteiger partial charge in [-0.3, -0.25) is 9.20 Å². The Morgan fingerprint density at radius 3 is 2.64 bits per heavy atom. The van der Waals surface area contributed by atoms with Gasteiger partial charge in [0.1, 0.15) is 0 Å². The number of imidazole rings is 1. The van der Waals surface area contributed by atoms with E-state index in [4.69, 9.17) is 0 Å². The van der Waals surface area contributed by atoms with Gasteiger partial charge in [-0.25, -0.2) is 9.97 Å². The first-order valence-electron chi connectivity index (χ1n) is 9.01. The number of hydrogen-bond donors (Lipinski definition) is 1. The van der Waals surface area contributed by atoms with Crippen molar-refractivity contribution in [3.05, 3.63) is 84.3 Å². The highest BCUT2D eigenvalue weighted by molar-refractivity contribution is 7.99. The number of amides is 1. The van der Waals surface area contributed by atoms with E-state index in [9.17, 15) is 4.79 Å². The van der Waals surface area contributed by atoms with Crippen molar-refractivity contribution in [3.8, 4) is 11.3 Å². The van der Waals surface area contributed by atoms with E-state index >= 15 is 0 Å². The number of aryl methyl sites for hydroxylation is 1. The zero-order chi connectivity index (χ0) is 19.3. The van der Waals surface area contributed by atoms with Gasteiger partial charge in [-0.15, -0.1) is 11.8 Å². The molecule has 1 amide bonds. The lowest BCUT2D eigenvalue weighted by molar-refractivity contribution is -0.113. The summed E-state index contributed by atoms with van der Waals surface area (Å²) >= 11 is 1.61. The first-order valence-corrected chi connectivity index (χ1v) is 10.2. The van der Waals surface area contributed by atoms with Crippen LogP contribution in [0.3, 0.4) is 0 Å². The van der Waals surface area contributed by atoms with Gasteiger partial charge in [0, 0.05) is 35.6 Å². The smallest absolute Gasteiger partial charge is 0.234 e. The number of benzene rings is 2. The van der Waals surface area contributed by atoms with Gasteiger partial charge in [0.15, 0.2) is 0 Å². The van der Waals surface area contributed by atoms with Crippen molar-refractivity contribution < 1.29 is 4.79 Å². The molecule has 2 aromatic carbocycles. The summed E-state index contributed by atoms with van der Waals surface area (Å²) in [6.07, 6.45) is 5.58. The molecule has 0 bridgehead atoms. The Morgan fingerprint density at radius 1 is 1.11 bits per heavy atom. The Hall–Kier alpha value is -3.12. The van der Waals surface area contributed by atoms with Crippen LogP contribution in [0.25, 0.3) is 17.0 Å². The molecule has 4 rings (SSSR count). The average molecular weight is 388 g/mol. The van der Waals surface area contributed by atoms with Gasteiger partial charge in [0.25, 0.3) is 0 Å². The molecule has 28 heavy (non-hydrogen) atoms. The normalized spacial score (nSPS) is 10.9. The summed E-state index contributed by atoms with van der Waals surface area (Å²) in [4.78, 5) is 20.9. The predicted octanol–water partition coefficient (Wildman–Crippen LogP) is 4.58. The second-order valence-electron chi connectivity index (χ2n) is 6.56. The van der Waals surface area contributed by atoms with Crippen LogP contribution >= 0.6 is 11.8 Å². The summed E-state index contributed by atoms with van der Waals surface area (Å²) in [5.74, 6) is 1.92. The Kier molecular flexibility index (Phi) is 5.39. The number of anilines is 1. The van der Waals surface area contributed by atoms with Crippen molar-refractivity contribution >= 4 is 29.1 Å². The third-order valence-electron chi connectivity index (χ3n) is 4.32. The number of thioether (sulfide) groups is 1. The highest BCUT2D eigenvalue weighted by atomic mass is 32.2. The van der Waals surface area contributed by atoms with Gasteiger partial charge >= 0.3 is 0 Å². The maximum absolute atomic E-state index is 12.2. The monoisotopic (exact) mass is 388 g/mol. The molecule has 140 valence electrons. The first kappa shape index (κ1) is 18.3. The van der Waals surface area contributed by atoms with E-state index in [0.717, 1.165) is 22.7 Å². The molecular formula is C22H20N4OS. The molecule has 0 fully saturated rings. The van der Waals surface area contributed by atoms with Crippen LogP contribution in [0.15, 0.2) is 73.2 Å². The average Bonchev–Trinajstić information content (AvgIpc) is 3.14. The zero-order valence-electron chi connectivity index (χ0n) is 15.5. The number of aromatic nitrogens is 3. The van der Waals surface area contributed by atoms with Crippen molar-refractivity contribution in [2.75, 3.05) is 11.1 Å². The van der Waals surface area contributed by atoms with Crippen molar-refractivity contribution in [1.29, 1.82) is 0 Å². The van der Waals surface area contributed by atoms with Gasteiger partial charge in [0.2, 0.25) is 11.7 Å². The first-order chi connectivity index (χ1) is 13.7. The minimum atomic E-state index is 0.00166. The number of hydrogen-bond acceptors (Lipinski definition) is 4. The highest BCUT2D eigenvalue weighted by Crippen LogP contribution is 2.21. The molecule has 1 N–H and O–H groups in total. The molecule has 0 saturated heterocycles. The predicted molar refractivity (Wildman–Crippen MR) is 114 cm³/mol. The fourth-order valence-corrected chi connectivity index (χ4v) is 3.62. The van der Waals surface area contributed by atoms with Crippen LogP contribution in [-0.2, 0) is 10.5 Å². The summed E-state index contributed by atoms with van der Waals surface area (Å²) in [5, 5.41) is 2.94. The molecule has 2 heterocycles. The number of fused-ring (bicyclic) bond motifs is 1. The molecule has 0 aliphatic heterocycles. The van der Waals surface area contributed by atoms with Crippen LogP contribution in [0.5, 0.6) is 0 Å². The molecule has 0 unspecified atom stereocenters. The van der Waals surface area contributed by atoms with E-state index in [1.807, 2.05) is 47.1 Å². The lowest BCUT2D eigenvalue weighted by Crippen LogP contribution is -2.14. The van der Waals surface area contributed by atoms with Gasteiger partial charge in [0.05, 0.1) is 11.4 Å². The highest BCUT2D eigenvalue weighted by Gasteiger charge is 2.07. The Balaban J connectivity index is 1.32. The maximum Gasteiger partial charge on any atom is 0.234 e. The number of nitrogens with zero attached hydrogens (tertiary/aromatic N) is 3. The Morgan fingerprint density at radius 2 is 1.89 bits per heavy atom. The second-order valence-corrected chi connectivity index (χ2v) is 7.54. The van der Waals surface area contributed by atoms with E-state index in [1.165, 1.54) is 11.1 Å². The van der Waals surface area contributed by atoms with Crippen LogP contribution in [0.4, 0.5) is 5.69 Å². The van der Waals surface area contributed by atoms with Crippen LogP contribution in [0.2, 0.25) is 0 Å². The Bertz CT molecular complexity index is 1050. The van der Waals surface area contributed by atoms with Gasteiger partial charge in [-0.1, -0.05) is 42.0 Å². The quantitative estimate of drug-likeness (QED) is 0.525. The van der Waals surface area contributed by atoms with E-state index in [0.29, 0.717) is 11.5 Å². The van der Waals surface area contributed by atoms with Crippen molar-refractivity contribution in [3.63, 3.8) is 0 Å². The van der Waals surface area contributed by atoms with Crippen molar-refractivity contribution in [2.45, 2.75) is 12.7 Å². The number of nitrogens with one attached hydrogen (secondary N) is 1. The van der Waals surface area contributed by atoms with E-state index < -0.39 is 0 Å². The zero-order valence-corrected chi connectivity index (χ0v) is 16.3.